The molecule has 3 rings (SSSR count). The van der Waals surface area contributed by atoms with Gasteiger partial charge in [0.05, 0.1) is 16.6 Å². The van der Waals surface area contributed by atoms with Gasteiger partial charge in [-0.1, -0.05) is 5.16 Å². The third-order valence-corrected chi connectivity index (χ3v) is 3.89. The highest BCUT2D eigenvalue weighted by Crippen LogP contribution is 2.40. The third kappa shape index (κ3) is 3.19. The van der Waals surface area contributed by atoms with Crippen molar-refractivity contribution in [1.29, 1.82) is 0 Å². The Morgan fingerprint density at radius 1 is 1.46 bits per heavy atom. The number of aliphatic carboxylic acids is 1. The zero-order valence-electron chi connectivity index (χ0n) is 12.8. The molecule has 0 saturated heterocycles. The highest BCUT2D eigenvalue weighted by molar-refractivity contribution is 6.07. The van der Waals surface area contributed by atoms with E-state index < -0.39 is 30.8 Å². The van der Waals surface area contributed by atoms with Crippen LogP contribution in [0.5, 0.6) is 0 Å². The monoisotopic (exact) mass is 339 g/mol. The number of nitrogens with one attached hydrogen (secondary N) is 1. The molecular weight excluding hydrogens is 324 g/mol. The largest absolute Gasteiger partial charge is 0.480 e. The van der Waals surface area contributed by atoms with Gasteiger partial charge in [-0.15, -0.1) is 0 Å². The van der Waals surface area contributed by atoms with Gasteiger partial charge in [-0.2, -0.15) is 0 Å². The van der Waals surface area contributed by atoms with Crippen molar-refractivity contribution in [1.82, 2.24) is 15.5 Å². The molecule has 9 heteroatoms. The molecule has 1 fully saturated rings. The molecule has 7 nitrogen and oxygen atoms in total. The van der Waals surface area contributed by atoms with Gasteiger partial charge in [-0.3, -0.25) is 4.79 Å². The van der Waals surface area contributed by atoms with E-state index in [0.717, 1.165) is 12.8 Å². The number of rotatable bonds is 6. The van der Waals surface area contributed by atoms with E-state index in [1.807, 2.05) is 0 Å². The van der Waals surface area contributed by atoms with Crippen LogP contribution in [0.25, 0.3) is 11.1 Å². The summed E-state index contributed by atoms with van der Waals surface area (Å²) in [4.78, 5) is 27.9. The lowest BCUT2D eigenvalue weighted by Crippen LogP contribution is -2.42. The van der Waals surface area contributed by atoms with E-state index in [4.69, 9.17) is 9.63 Å². The summed E-state index contributed by atoms with van der Waals surface area (Å²) in [6, 6.07) is -0.119. The number of fused-ring (bicyclic) bond motifs is 1. The van der Waals surface area contributed by atoms with Crippen LogP contribution in [-0.4, -0.2) is 39.6 Å². The number of aryl methyl sites for hydroxylation is 1. The Bertz CT molecular complexity index is 801. The summed E-state index contributed by atoms with van der Waals surface area (Å²) in [6.07, 6.45) is -1.93. The number of alkyl halides is 2. The molecule has 0 aliphatic heterocycles. The SMILES string of the molecule is Cc1noc2nc(C3CC3)cc(C(=O)NC(CC(F)F)C(=O)O)c12. The van der Waals surface area contributed by atoms with Crippen LogP contribution in [0, 0.1) is 6.92 Å². The van der Waals surface area contributed by atoms with Crippen LogP contribution in [-0.2, 0) is 4.79 Å². The Hall–Kier alpha value is -2.58. The Labute approximate surface area is 135 Å². The summed E-state index contributed by atoms with van der Waals surface area (Å²) in [5.41, 5.74) is 1.40. The topological polar surface area (TPSA) is 105 Å². The van der Waals surface area contributed by atoms with Crippen molar-refractivity contribution < 1.29 is 28.0 Å². The van der Waals surface area contributed by atoms with Crippen molar-refractivity contribution in [3.05, 3.63) is 23.0 Å². The third-order valence-electron chi connectivity index (χ3n) is 3.89. The summed E-state index contributed by atoms with van der Waals surface area (Å²) >= 11 is 0. The number of carbonyl (C=O) groups excluding carboxylic acids is 1. The summed E-state index contributed by atoms with van der Waals surface area (Å²) < 4.78 is 30.1. The molecule has 128 valence electrons. The van der Waals surface area contributed by atoms with E-state index in [1.54, 1.807) is 13.0 Å². The second-order valence-corrected chi connectivity index (χ2v) is 5.81. The van der Waals surface area contributed by atoms with E-state index in [1.165, 1.54) is 0 Å². The first-order valence-corrected chi connectivity index (χ1v) is 7.45. The Balaban J connectivity index is 1.96. The summed E-state index contributed by atoms with van der Waals surface area (Å²) in [5.74, 6) is -2.05. The number of hydrogen-bond acceptors (Lipinski definition) is 5. The maximum atomic E-state index is 12.5. The molecule has 0 aromatic carbocycles. The number of aromatic nitrogens is 2. The van der Waals surface area contributed by atoms with Gasteiger partial charge in [-0.25, -0.2) is 18.6 Å². The van der Waals surface area contributed by atoms with Crippen molar-refractivity contribution in [2.24, 2.45) is 0 Å². The first-order valence-electron chi connectivity index (χ1n) is 7.45. The fraction of sp³-hybridized carbons (Fsp3) is 0.467. The molecule has 2 heterocycles. The van der Waals surface area contributed by atoms with Gasteiger partial charge in [0.15, 0.2) is 0 Å². The van der Waals surface area contributed by atoms with Crippen LogP contribution in [0.3, 0.4) is 0 Å². The normalized spacial score (nSPS) is 15.7. The number of hydrogen-bond donors (Lipinski definition) is 2. The lowest BCUT2D eigenvalue weighted by molar-refractivity contribution is -0.140. The molecule has 2 aromatic rings. The molecule has 1 aliphatic carbocycles. The molecular formula is C15H15F2N3O4. The highest BCUT2D eigenvalue weighted by atomic mass is 19.3. The molecule has 1 unspecified atom stereocenters. The van der Waals surface area contributed by atoms with E-state index in [-0.39, 0.29) is 17.2 Å². The fourth-order valence-corrected chi connectivity index (χ4v) is 2.52. The minimum absolute atomic E-state index is 0.140. The van der Waals surface area contributed by atoms with Gasteiger partial charge in [0.2, 0.25) is 6.43 Å². The Kier molecular flexibility index (Phi) is 4.16. The fourth-order valence-electron chi connectivity index (χ4n) is 2.52. The van der Waals surface area contributed by atoms with Crippen molar-refractivity contribution in [3.63, 3.8) is 0 Å². The predicted octanol–water partition coefficient (Wildman–Crippen LogP) is 2.25. The van der Waals surface area contributed by atoms with Crippen molar-refractivity contribution in [2.45, 2.75) is 44.6 Å². The average molecular weight is 339 g/mol. The number of nitrogens with zero attached hydrogens (tertiary/aromatic N) is 2. The maximum absolute atomic E-state index is 12.5. The second-order valence-electron chi connectivity index (χ2n) is 5.81. The van der Waals surface area contributed by atoms with E-state index in [2.05, 4.69) is 15.5 Å². The second kappa shape index (κ2) is 6.14. The van der Waals surface area contributed by atoms with Gasteiger partial charge in [0.25, 0.3) is 11.6 Å². The lowest BCUT2D eigenvalue weighted by Gasteiger charge is -2.14. The number of amides is 1. The zero-order valence-corrected chi connectivity index (χ0v) is 12.8. The Morgan fingerprint density at radius 2 is 2.17 bits per heavy atom. The Morgan fingerprint density at radius 3 is 2.75 bits per heavy atom. The predicted molar refractivity (Wildman–Crippen MR) is 78.0 cm³/mol. The zero-order chi connectivity index (χ0) is 17.4. The highest BCUT2D eigenvalue weighted by Gasteiger charge is 2.30. The van der Waals surface area contributed by atoms with Crippen molar-refractivity contribution in [2.75, 3.05) is 0 Å². The number of carboxylic acid groups (broad SMARTS) is 1. The molecule has 2 N–H and O–H groups in total. The van der Waals surface area contributed by atoms with Gasteiger partial charge in [0.1, 0.15) is 6.04 Å². The molecule has 0 bridgehead atoms. The van der Waals surface area contributed by atoms with Crippen LogP contribution in [0.15, 0.2) is 10.6 Å². The van der Waals surface area contributed by atoms with E-state index in [0.29, 0.717) is 16.8 Å². The van der Waals surface area contributed by atoms with Gasteiger partial charge >= 0.3 is 5.97 Å². The molecule has 0 radical (unpaired) electrons. The molecule has 1 aliphatic rings. The number of carboxylic acids is 1. The van der Waals surface area contributed by atoms with Crippen molar-refractivity contribution in [3.8, 4) is 0 Å². The van der Waals surface area contributed by atoms with Crippen LogP contribution in [0.2, 0.25) is 0 Å². The van der Waals surface area contributed by atoms with Crippen LogP contribution < -0.4 is 5.32 Å². The first-order chi connectivity index (χ1) is 11.4. The van der Waals surface area contributed by atoms with E-state index in [9.17, 15) is 18.4 Å². The molecule has 1 atom stereocenters. The minimum Gasteiger partial charge on any atom is -0.480 e. The van der Waals surface area contributed by atoms with Crippen molar-refractivity contribution >= 4 is 23.0 Å². The summed E-state index contributed by atoms with van der Waals surface area (Å²) in [7, 11) is 0. The maximum Gasteiger partial charge on any atom is 0.326 e. The quantitative estimate of drug-likeness (QED) is 0.836. The minimum atomic E-state index is -2.84. The number of halogens is 2. The van der Waals surface area contributed by atoms with Crippen LogP contribution in [0.4, 0.5) is 8.78 Å². The molecule has 2 aromatic heterocycles. The summed E-state index contributed by atoms with van der Waals surface area (Å²) in [5, 5.41) is 15.3. The lowest BCUT2D eigenvalue weighted by atomic mass is 10.1. The van der Waals surface area contributed by atoms with Gasteiger partial charge in [-0.05, 0) is 25.8 Å². The van der Waals surface area contributed by atoms with Gasteiger partial charge in [0, 0.05) is 18.0 Å². The molecule has 1 amide bonds. The smallest absolute Gasteiger partial charge is 0.326 e. The molecule has 0 spiro atoms. The van der Waals surface area contributed by atoms with Crippen LogP contribution >= 0.6 is 0 Å². The average Bonchev–Trinajstić information content (AvgIpc) is 3.29. The van der Waals surface area contributed by atoms with E-state index >= 15 is 0 Å². The molecule has 1 saturated carbocycles. The summed E-state index contributed by atoms with van der Waals surface area (Å²) in [6.45, 7) is 1.62. The first kappa shape index (κ1) is 16.3. The van der Waals surface area contributed by atoms with Gasteiger partial charge < -0.3 is 14.9 Å². The standard InChI is InChI=1S/C15H15F2N3O4/c1-6-12-8(13(21)18-10(15(22)23)5-11(16)17)4-9(7-2-3-7)19-14(12)24-20-6/h4,7,10-11H,2-3,5H2,1H3,(H,18,21)(H,22,23). The number of pyridine rings is 1. The number of carbonyl (C=O) groups is 2. The molecule has 24 heavy (non-hydrogen) atoms. The van der Waals surface area contributed by atoms with Crippen LogP contribution in [0.1, 0.15) is 46.9 Å².